The molecule has 78 valence electrons. The second-order valence-corrected chi connectivity index (χ2v) is 3.20. The van der Waals surface area contributed by atoms with Crippen molar-refractivity contribution in [1.82, 2.24) is 20.6 Å². The number of aromatic amines is 1. The molecule has 0 spiro atoms. The lowest BCUT2D eigenvalue weighted by Crippen LogP contribution is -2.20. The Morgan fingerprint density at radius 2 is 2.00 bits per heavy atom. The number of nitrogens with two attached hydrogens (primary N) is 2. The highest BCUT2D eigenvalue weighted by Crippen LogP contribution is 2.16. The van der Waals surface area contributed by atoms with Gasteiger partial charge in [0.2, 0.25) is 5.82 Å². The monoisotopic (exact) mass is 204 g/mol. The molecule has 0 fully saturated rings. The summed E-state index contributed by atoms with van der Waals surface area (Å²) in [6.07, 6.45) is 0. The third-order valence-corrected chi connectivity index (χ3v) is 2.20. The van der Waals surface area contributed by atoms with Crippen LogP contribution in [-0.2, 0) is 0 Å². The van der Waals surface area contributed by atoms with Crippen molar-refractivity contribution >= 4 is 0 Å². The number of aromatic nitrogens is 4. The summed E-state index contributed by atoms with van der Waals surface area (Å²) >= 11 is 0. The molecule has 2 aromatic rings. The van der Waals surface area contributed by atoms with Gasteiger partial charge in [0.1, 0.15) is 0 Å². The lowest BCUT2D eigenvalue weighted by Gasteiger charge is -2.08. The second kappa shape index (κ2) is 4.16. The van der Waals surface area contributed by atoms with Gasteiger partial charge in [0.05, 0.1) is 0 Å². The van der Waals surface area contributed by atoms with E-state index in [4.69, 9.17) is 11.5 Å². The third-order valence-electron chi connectivity index (χ3n) is 2.20. The highest BCUT2D eigenvalue weighted by atomic mass is 15.5. The van der Waals surface area contributed by atoms with Crippen molar-refractivity contribution in [1.29, 1.82) is 0 Å². The fraction of sp³-hybridized carbons (Fsp3) is 0.222. The molecule has 0 saturated heterocycles. The molecule has 5 N–H and O–H groups in total. The summed E-state index contributed by atoms with van der Waals surface area (Å²) in [6, 6.07) is 7.52. The zero-order valence-electron chi connectivity index (χ0n) is 8.09. The zero-order chi connectivity index (χ0) is 10.7. The lowest BCUT2D eigenvalue weighted by atomic mass is 10.1. The number of tetrazole rings is 1. The molecule has 1 atom stereocenters. The SMILES string of the molecule is NC[C@H](N)c1ccc(-c2nn[nH]n2)cc1. The minimum absolute atomic E-state index is 0.121. The summed E-state index contributed by atoms with van der Waals surface area (Å²) in [5.74, 6) is 0.572. The number of rotatable bonds is 3. The zero-order valence-corrected chi connectivity index (χ0v) is 8.09. The Kier molecular flexibility index (Phi) is 2.70. The van der Waals surface area contributed by atoms with Gasteiger partial charge in [0, 0.05) is 18.2 Å². The molecule has 15 heavy (non-hydrogen) atoms. The summed E-state index contributed by atoms with van der Waals surface area (Å²) in [7, 11) is 0. The highest BCUT2D eigenvalue weighted by Gasteiger charge is 2.05. The Morgan fingerprint density at radius 1 is 1.27 bits per heavy atom. The molecule has 6 nitrogen and oxygen atoms in total. The normalized spacial score (nSPS) is 12.7. The van der Waals surface area contributed by atoms with Crippen LogP contribution in [0, 0.1) is 0 Å². The van der Waals surface area contributed by atoms with Crippen LogP contribution < -0.4 is 11.5 Å². The molecular formula is C9H12N6. The number of H-pyrrole nitrogens is 1. The highest BCUT2D eigenvalue weighted by molar-refractivity contribution is 5.54. The van der Waals surface area contributed by atoms with Gasteiger partial charge in [-0.3, -0.25) is 0 Å². The van der Waals surface area contributed by atoms with E-state index in [1.807, 2.05) is 24.3 Å². The number of benzene rings is 1. The van der Waals surface area contributed by atoms with Crippen LogP contribution in [0.2, 0.25) is 0 Å². The van der Waals surface area contributed by atoms with E-state index in [9.17, 15) is 0 Å². The minimum atomic E-state index is -0.121. The van der Waals surface area contributed by atoms with Gasteiger partial charge in [-0.2, -0.15) is 5.21 Å². The molecule has 0 bridgehead atoms. The van der Waals surface area contributed by atoms with Crippen LogP contribution in [0.3, 0.4) is 0 Å². The van der Waals surface area contributed by atoms with E-state index in [1.54, 1.807) is 0 Å². The lowest BCUT2D eigenvalue weighted by molar-refractivity contribution is 0.737. The van der Waals surface area contributed by atoms with Gasteiger partial charge in [0.25, 0.3) is 0 Å². The van der Waals surface area contributed by atoms with Crippen molar-refractivity contribution in [2.24, 2.45) is 11.5 Å². The number of nitrogens with one attached hydrogen (secondary N) is 1. The van der Waals surface area contributed by atoms with Gasteiger partial charge in [-0.25, -0.2) is 0 Å². The first kappa shape index (κ1) is 9.75. The first-order valence-electron chi connectivity index (χ1n) is 4.60. The van der Waals surface area contributed by atoms with Crippen LogP contribution in [0.1, 0.15) is 11.6 Å². The van der Waals surface area contributed by atoms with Crippen LogP contribution >= 0.6 is 0 Å². The first-order chi connectivity index (χ1) is 7.31. The molecule has 0 saturated carbocycles. The van der Waals surface area contributed by atoms with E-state index in [0.717, 1.165) is 11.1 Å². The predicted molar refractivity (Wildman–Crippen MR) is 55.6 cm³/mol. The van der Waals surface area contributed by atoms with Gasteiger partial charge in [-0.05, 0) is 10.8 Å². The van der Waals surface area contributed by atoms with Crippen LogP contribution in [0.5, 0.6) is 0 Å². The molecule has 1 aromatic heterocycles. The topological polar surface area (TPSA) is 107 Å². The summed E-state index contributed by atoms with van der Waals surface area (Å²) in [5, 5.41) is 13.6. The third kappa shape index (κ3) is 2.00. The Bertz CT molecular complexity index is 407. The summed E-state index contributed by atoms with van der Waals surface area (Å²) in [5.41, 5.74) is 13.2. The van der Waals surface area contributed by atoms with Crippen LogP contribution in [-0.4, -0.2) is 27.2 Å². The van der Waals surface area contributed by atoms with Crippen LogP contribution in [0.25, 0.3) is 11.4 Å². The maximum Gasteiger partial charge on any atom is 0.204 e. The Morgan fingerprint density at radius 3 is 2.53 bits per heavy atom. The molecule has 6 heteroatoms. The molecule has 0 aliphatic heterocycles. The maximum atomic E-state index is 5.79. The predicted octanol–water partition coefficient (Wildman–Crippen LogP) is -0.175. The van der Waals surface area contributed by atoms with Crippen molar-refractivity contribution in [2.75, 3.05) is 6.54 Å². The summed E-state index contributed by atoms with van der Waals surface area (Å²) < 4.78 is 0. The molecule has 2 rings (SSSR count). The largest absolute Gasteiger partial charge is 0.329 e. The van der Waals surface area contributed by atoms with E-state index in [-0.39, 0.29) is 6.04 Å². The minimum Gasteiger partial charge on any atom is -0.329 e. The smallest absolute Gasteiger partial charge is 0.204 e. The van der Waals surface area contributed by atoms with Crippen molar-refractivity contribution in [2.45, 2.75) is 6.04 Å². The summed E-state index contributed by atoms with van der Waals surface area (Å²) in [4.78, 5) is 0. The molecule has 0 unspecified atom stereocenters. The van der Waals surface area contributed by atoms with E-state index < -0.39 is 0 Å². The van der Waals surface area contributed by atoms with Gasteiger partial charge in [-0.1, -0.05) is 24.3 Å². The Hall–Kier alpha value is -1.79. The second-order valence-electron chi connectivity index (χ2n) is 3.20. The average Bonchev–Trinajstić information content (AvgIpc) is 2.82. The standard InChI is InChI=1S/C9H12N6/c10-5-8(11)6-1-3-7(4-2-6)9-12-14-15-13-9/h1-4,8H,5,10-11H2,(H,12,13,14,15)/t8-/m0/s1. The molecule has 1 aromatic carbocycles. The van der Waals surface area contributed by atoms with E-state index in [2.05, 4.69) is 20.6 Å². The average molecular weight is 204 g/mol. The summed E-state index contributed by atoms with van der Waals surface area (Å²) in [6.45, 7) is 0.432. The fourth-order valence-corrected chi connectivity index (χ4v) is 1.30. The van der Waals surface area contributed by atoms with Gasteiger partial charge in [-0.15, -0.1) is 10.2 Å². The van der Waals surface area contributed by atoms with Gasteiger partial charge in [0.15, 0.2) is 0 Å². The van der Waals surface area contributed by atoms with E-state index >= 15 is 0 Å². The molecule has 0 aliphatic rings. The molecule has 0 radical (unpaired) electrons. The van der Waals surface area contributed by atoms with Crippen molar-refractivity contribution in [3.63, 3.8) is 0 Å². The number of hydrogen-bond donors (Lipinski definition) is 3. The first-order valence-corrected chi connectivity index (χ1v) is 4.60. The Labute approximate surface area is 86.7 Å². The molecular weight excluding hydrogens is 192 g/mol. The number of hydrogen-bond acceptors (Lipinski definition) is 5. The van der Waals surface area contributed by atoms with Crippen molar-refractivity contribution in [3.05, 3.63) is 29.8 Å². The van der Waals surface area contributed by atoms with Crippen LogP contribution in [0.15, 0.2) is 24.3 Å². The number of nitrogens with zero attached hydrogens (tertiary/aromatic N) is 3. The molecule has 0 amide bonds. The quantitative estimate of drug-likeness (QED) is 0.643. The van der Waals surface area contributed by atoms with Crippen molar-refractivity contribution < 1.29 is 0 Å². The van der Waals surface area contributed by atoms with Gasteiger partial charge >= 0.3 is 0 Å². The Balaban J connectivity index is 2.25. The van der Waals surface area contributed by atoms with Crippen molar-refractivity contribution in [3.8, 4) is 11.4 Å². The fourth-order valence-electron chi connectivity index (χ4n) is 1.30. The maximum absolute atomic E-state index is 5.79. The van der Waals surface area contributed by atoms with E-state index in [1.165, 1.54) is 0 Å². The van der Waals surface area contributed by atoms with E-state index in [0.29, 0.717) is 12.4 Å². The molecule has 0 aliphatic carbocycles. The van der Waals surface area contributed by atoms with Crippen LogP contribution in [0.4, 0.5) is 0 Å². The molecule has 1 heterocycles. The van der Waals surface area contributed by atoms with Gasteiger partial charge < -0.3 is 11.5 Å².